The molecule has 8 N–H and O–H groups in total. The van der Waals surface area contributed by atoms with Crippen LogP contribution in [0.5, 0.6) is 5.75 Å². The zero-order chi connectivity index (χ0) is 83.7. The number of methoxy groups -OCH3 is 1. The number of pyridine rings is 1. The van der Waals surface area contributed by atoms with E-state index in [0.717, 1.165) is 89.0 Å². The number of aryl methyl sites for hydroxylation is 1. The van der Waals surface area contributed by atoms with Gasteiger partial charge in [0, 0.05) is 121 Å². The lowest BCUT2D eigenvalue weighted by Crippen LogP contribution is -2.55. The van der Waals surface area contributed by atoms with Crippen molar-refractivity contribution in [3.8, 4) is 28.7 Å². The van der Waals surface area contributed by atoms with Crippen LogP contribution in [0, 0.1) is 11.8 Å². The van der Waals surface area contributed by atoms with Gasteiger partial charge in [-0.1, -0.05) is 145 Å². The maximum Gasteiger partial charge on any atom is 0.328 e. The molecule has 6 aromatic carbocycles. The second-order valence-electron chi connectivity index (χ2n) is 30.7. The number of rotatable bonds is 35. The minimum atomic E-state index is -1.39. The minimum absolute atomic E-state index is 0.0463. The number of unbranched alkanes of at least 4 members (excludes halogenated alkanes) is 2. The maximum absolute atomic E-state index is 14.1. The van der Waals surface area contributed by atoms with Crippen LogP contribution in [0.4, 0.5) is 16.4 Å². The summed E-state index contributed by atoms with van der Waals surface area (Å²) >= 11 is 2.52. The fraction of sp³-hybridized carbons (Fsp3) is 0.356. The highest BCUT2D eigenvalue weighted by atomic mass is 32.2. The Hall–Kier alpha value is -12.0. The Kier molecular flexibility index (Phi) is 27.6. The molecule has 622 valence electrons. The summed E-state index contributed by atoms with van der Waals surface area (Å²) in [4.78, 5) is 157. The lowest BCUT2D eigenvalue weighted by atomic mass is 9.87. The smallest absolute Gasteiger partial charge is 0.328 e. The molecule has 120 heavy (non-hydrogen) atoms. The number of urea groups is 1. The van der Waals surface area contributed by atoms with Crippen molar-refractivity contribution >= 4 is 110 Å². The summed E-state index contributed by atoms with van der Waals surface area (Å²) in [6.45, 7) is 4.45. The lowest BCUT2D eigenvalue weighted by Gasteiger charge is -2.45. The highest BCUT2D eigenvalue weighted by Crippen LogP contribution is 2.46. The van der Waals surface area contributed by atoms with Gasteiger partial charge in [-0.15, -0.1) is 0 Å². The van der Waals surface area contributed by atoms with Gasteiger partial charge in [-0.05, 0) is 136 Å². The third-order valence-electron chi connectivity index (χ3n) is 22.2. The van der Waals surface area contributed by atoms with Gasteiger partial charge in [0.2, 0.25) is 41.4 Å². The largest absolute Gasteiger partial charge is 0.495 e. The van der Waals surface area contributed by atoms with Crippen LogP contribution in [0.25, 0.3) is 32.9 Å². The third-order valence-corrected chi connectivity index (χ3v) is 24.5. The van der Waals surface area contributed by atoms with Gasteiger partial charge in [-0.2, -0.15) is 0 Å². The number of aromatic nitrogens is 4. The quantitative estimate of drug-likeness (QED) is 0.00796. The number of H-pyrrole nitrogens is 1. The molecule has 0 unspecified atom stereocenters. The number of nitrogens with one attached hydrogen (secondary N) is 8. The van der Waals surface area contributed by atoms with Crippen LogP contribution in [-0.2, 0) is 66.9 Å². The molecule has 2 atom stereocenters. The van der Waals surface area contributed by atoms with Crippen LogP contribution in [0.3, 0.4) is 0 Å². The maximum atomic E-state index is 14.1. The number of thioether (sulfide) groups is 2. The van der Waals surface area contributed by atoms with Crippen LogP contribution in [0.2, 0.25) is 0 Å². The second kappa shape index (κ2) is 39.3. The monoisotopic (exact) mass is 1660 g/mol. The third kappa shape index (κ3) is 21.0. The van der Waals surface area contributed by atoms with Crippen molar-refractivity contribution in [3.63, 3.8) is 0 Å². The molecular weight excluding hydrogens is 1560 g/mol. The summed E-state index contributed by atoms with van der Waals surface area (Å²) in [5.74, 6) is 3.54. The van der Waals surface area contributed by atoms with Crippen molar-refractivity contribution in [1.82, 2.24) is 66.5 Å². The molecule has 0 bridgehead atoms. The molecule has 28 nitrogen and oxygen atoms in total. The van der Waals surface area contributed by atoms with E-state index in [9.17, 15) is 47.9 Å². The Morgan fingerprint density at radius 3 is 2.02 bits per heavy atom. The van der Waals surface area contributed by atoms with Crippen molar-refractivity contribution in [2.45, 2.75) is 123 Å². The van der Waals surface area contributed by atoms with Gasteiger partial charge < -0.3 is 65.5 Å². The number of hydrogen-bond donors (Lipinski definition) is 8. The molecule has 0 radical (unpaired) electrons. The number of carbonyl (C=O) groups is 9. The van der Waals surface area contributed by atoms with E-state index < -0.39 is 66.8 Å². The molecule has 1 saturated carbocycles. The summed E-state index contributed by atoms with van der Waals surface area (Å²) in [6, 6.07) is 49.6. The number of ether oxygens (including phenoxy) is 3. The summed E-state index contributed by atoms with van der Waals surface area (Å²) in [6.07, 6.45) is 10.3. The molecule has 3 aromatic heterocycles. The molecule has 14 rings (SSSR count). The van der Waals surface area contributed by atoms with Crippen LogP contribution in [0.1, 0.15) is 99.9 Å². The van der Waals surface area contributed by atoms with Crippen LogP contribution < -0.4 is 57.3 Å². The van der Waals surface area contributed by atoms with E-state index in [1.807, 2.05) is 140 Å². The normalized spacial score (nSPS) is 16.5. The molecule has 4 fully saturated rings. The highest BCUT2D eigenvalue weighted by Gasteiger charge is 2.46. The van der Waals surface area contributed by atoms with Gasteiger partial charge in [0.05, 0.1) is 72.7 Å². The SMILES string of the molecule is COc1ccc(C#CCNC2(C)CCN(C3CCN(c4nc([C@@](COCNC(=O)CNC(=O)[C@H](Cc5ccccc5)NC(=O)CNC(=O)CNC(=O)CCCCCN5C(=O)C(Sc6ccccc6)=C(Sc6ccccc6)C5=O)(OC5CC5)c5ccccc5)c5cc(-c6cn(C)c(=O)c7[nH]ccc67)ccc5n4)CC3)CC2)cc1N1CCC(=O)NC1=O. The molecule has 5 aliphatic rings. The number of aromatic amines is 1. The summed E-state index contributed by atoms with van der Waals surface area (Å²) in [5.41, 5.74) is 4.36. The number of anilines is 2. The van der Waals surface area contributed by atoms with Crippen molar-refractivity contribution in [3.05, 3.63) is 219 Å². The zero-order valence-electron chi connectivity index (χ0n) is 67.2. The molecule has 4 aliphatic heterocycles. The van der Waals surface area contributed by atoms with Gasteiger partial charge in [0.15, 0.2) is 5.60 Å². The van der Waals surface area contributed by atoms with Crippen molar-refractivity contribution < 1.29 is 57.4 Å². The standard InChI is InChI=1S/C90H97N15O13S2/c1-89(96-42-19-22-60-30-35-73(116-3)72(51-60)104-47-39-75(107)99-88(104)115)40-48-102(49-41-89)63-37-45-103(46-38-63)87-98-70-34-31-61(69-56-101(2)84(112)79-67(69)36-43-91-79)52-68(70)82(100-87)90(118-64-32-33-64,62-23-11-5-12-24-62)57-117-58-95-77(109)54-94-83(111)71(50-59-20-9-4-10-21-59)97-78(110)55-93-76(108)53-92-74(106)29-17-8-18-44-105-85(113)80(119-65-25-13-6-14-26-65)81(86(105)114)120-66-27-15-7-16-28-66/h4-7,9-16,20-21,23-28,30-31,34-36,43,51-52,56,63-64,71,91,96H,8,17-18,29,32-33,37-42,44-50,53-55,57-58H2,1-3H3,(H,92,106)(H,93,108)(H,94,111)(H,95,109)(H,97,110)(H,99,107,115)/t71-,90-/m0/s1. The molecule has 7 heterocycles. The average molecular weight is 1660 g/mol. The number of benzene rings is 6. The van der Waals surface area contributed by atoms with Crippen molar-refractivity contribution in [2.24, 2.45) is 7.05 Å². The number of likely N-dealkylation sites (tertiary alicyclic amines) is 1. The van der Waals surface area contributed by atoms with Crippen molar-refractivity contribution in [2.75, 3.05) is 95.7 Å². The van der Waals surface area contributed by atoms with E-state index >= 15 is 0 Å². The molecule has 10 amide bonds. The lowest BCUT2D eigenvalue weighted by molar-refractivity contribution is -0.137. The Morgan fingerprint density at radius 1 is 0.683 bits per heavy atom. The Morgan fingerprint density at radius 2 is 1.34 bits per heavy atom. The van der Waals surface area contributed by atoms with E-state index in [4.69, 9.17) is 24.2 Å². The summed E-state index contributed by atoms with van der Waals surface area (Å²) in [5, 5.41) is 20.8. The Labute approximate surface area is 703 Å². The van der Waals surface area contributed by atoms with E-state index in [-0.39, 0.29) is 80.6 Å². The average Bonchev–Trinajstić information content (AvgIpc) is 1.07. The van der Waals surface area contributed by atoms with Crippen molar-refractivity contribution in [1.29, 1.82) is 0 Å². The first-order valence-corrected chi connectivity index (χ1v) is 42.2. The number of imide groups is 2. The summed E-state index contributed by atoms with van der Waals surface area (Å²) in [7, 11) is 3.27. The van der Waals surface area contributed by atoms with Gasteiger partial charge in [-0.25, -0.2) is 14.8 Å². The van der Waals surface area contributed by atoms with Crippen LogP contribution in [-0.4, -0.2) is 192 Å². The fourth-order valence-corrected chi connectivity index (χ4v) is 17.4. The molecule has 0 spiro atoms. The van der Waals surface area contributed by atoms with Gasteiger partial charge >= 0.3 is 6.03 Å². The number of carbonyl (C=O) groups excluding carboxylic acids is 9. The van der Waals surface area contributed by atoms with Crippen LogP contribution in [0.15, 0.2) is 201 Å². The number of fused-ring (bicyclic) bond motifs is 2. The van der Waals surface area contributed by atoms with Gasteiger partial charge in [0.25, 0.3) is 17.4 Å². The molecule has 3 saturated heterocycles. The Bertz CT molecular complexity index is 5370. The molecule has 1 aliphatic carbocycles. The highest BCUT2D eigenvalue weighted by molar-refractivity contribution is 8.08. The van der Waals surface area contributed by atoms with Gasteiger partial charge in [-0.3, -0.25) is 58.3 Å². The predicted molar refractivity (Wildman–Crippen MR) is 458 cm³/mol. The predicted octanol–water partition coefficient (Wildman–Crippen LogP) is 8.71. The first kappa shape index (κ1) is 84.5. The molecule has 9 aromatic rings. The van der Waals surface area contributed by atoms with E-state index in [1.54, 1.807) is 55.3 Å². The number of hydrogen-bond acceptors (Lipinski definition) is 20. The second-order valence-corrected chi connectivity index (χ2v) is 32.9. The molecule has 30 heteroatoms. The number of nitrogens with zero attached hydrogens (tertiary/aromatic N) is 7. The minimum Gasteiger partial charge on any atom is -0.495 e. The first-order chi connectivity index (χ1) is 58.3. The Balaban J connectivity index is 0.586. The fourth-order valence-electron chi connectivity index (χ4n) is 15.4. The van der Waals surface area contributed by atoms with Crippen LogP contribution >= 0.6 is 23.5 Å². The van der Waals surface area contributed by atoms with Gasteiger partial charge in [0.1, 0.15) is 24.0 Å². The molecular formula is C90H97N15O13S2. The summed E-state index contributed by atoms with van der Waals surface area (Å²) < 4.78 is 21.0. The van der Waals surface area contributed by atoms with E-state index in [0.29, 0.717) is 99.8 Å². The number of amides is 10. The van der Waals surface area contributed by atoms with E-state index in [2.05, 4.69) is 70.8 Å². The topological polar surface area (TPSA) is 342 Å². The number of piperidine rings is 2. The zero-order valence-corrected chi connectivity index (χ0v) is 68.8. The van der Waals surface area contributed by atoms with E-state index in [1.165, 1.54) is 33.3 Å². The first-order valence-electron chi connectivity index (χ1n) is 40.6.